The summed E-state index contributed by atoms with van der Waals surface area (Å²) in [6, 6.07) is 0.0251. The molecule has 1 amide bonds. The number of aromatic nitrogens is 3. The lowest BCUT2D eigenvalue weighted by molar-refractivity contribution is -0.121. The summed E-state index contributed by atoms with van der Waals surface area (Å²) in [6.45, 7) is 2.20. The third kappa shape index (κ3) is 2.37. The quantitative estimate of drug-likeness (QED) is 0.664. The van der Waals surface area contributed by atoms with Crippen LogP contribution in [-0.2, 0) is 16.1 Å². The Bertz CT molecular complexity index is 355. The van der Waals surface area contributed by atoms with Crippen LogP contribution in [-0.4, -0.2) is 47.5 Å². The van der Waals surface area contributed by atoms with E-state index < -0.39 is 0 Å². The van der Waals surface area contributed by atoms with Gasteiger partial charge in [0.15, 0.2) is 5.82 Å². The van der Waals surface area contributed by atoms with E-state index >= 15 is 0 Å². The van der Waals surface area contributed by atoms with Crippen molar-refractivity contribution in [1.29, 1.82) is 0 Å². The maximum absolute atomic E-state index is 11.0. The van der Waals surface area contributed by atoms with Gasteiger partial charge in [-0.3, -0.25) is 10.1 Å². The van der Waals surface area contributed by atoms with Gasteiger partial charge in [-0.25, -0.2) is 0 Å². The van der Waals surface area contributed by atoms with Gasteiger partial charge < -0.3 is 14.6 Å². The van der Waals surface area contributed by atoms with Gasteiger partial charge in [0, 0.05) is 20.2 Å². The number of hydrogen-bond acceptors (Lipinski definition) is 5. The molecule has 1 aromatic rings. The molecule has 7 heteroatoms. The fraction of sp³-hybridized carbons (Fsp3) is 0.667. The molecule has 1 saturated heterocycles. The van der Waals surface area contributed by atoms with E-state index in [1.807, 2.05) is 4.57 Å². The van der Waals surface area contributed by atoms with Crippen LogP contribution in [0.1, 0.15) is 11.9 Å². The zero-order valence-corrected chi connectivity index (χ0v) is 9.14. The van der Waals surface area contributed by atoms with Gasteiger partial charge >= 0.3 is 0 Å². The van der Waals surface area contributed by atoms with Crippen molar-refractivity contribution in [3.63, 3.8) is 0 Å². The van der Waals surface area contributed by atoms with Crippen molar-refractivity contribution in [2.24, 2.45) is 0 Å². The van der Waals surface area contributed by atoms with Crippen LogP contribution in [0.4, 0.5) is 0 Å². The fourth-order valence-corrected chi connectivity index (χ4v) is 1.64. The van der Waals surface area contributed by atoms with Crippen LogP contribution in [0.5, 0.6) is 0 Å². The van der Waals surface area contributed by atoms with E-state index in [1.165, 1.54) is 0 Å². The zero-order chi connectivity index (χ0) is 11.4. The number of methoxy groups -OCH3 is 1. The van der Waals surface area contributed by atoms with Gasteiger partial charge in [-0.1, -0.05) is 0 Å². The summed E-state index contributed by atoms with van der Waals surface area (Å²) in [5.41, 5.74) is 0. The highest BCUT2D eigenvalue weighted by Gasteiger charge is 2.22. The van der Waals surface area contributed by atoms with Gasteiger partial charge in [0.05, 0.1) is 19.2 Å². The molecular weight excluding hydrogens is 210 g/mol. The van der Waals surface area contributed by atoms with Crippen LogP contribution in [0.3, 0.4) is 0 Å². The molecule has 88 valence electrons. The second-order valence-electron chi connectivity index (χ2n) is 3.61. The monoisotopic (exact) mass is 225 g/mol. The molecule has 0 bridgehead atoms. The maximum Gasteiger partial charge on any atom is 0.234 e. The highest BCUT2D eigenvalue weighted by molar-refractivity contribution is 5.78. The molecule has 7 nitrogen and oxygen atoms in total. The fourth-order valence-electron chi connectivity index (χ4n) is 1.64. The van der Waals surface area contributed by atoms with Crippen molar-refractivity contribution in [3.05, 3.63) is 12.2 Å². The predicted octanol–water partition coefficient (Wildman–Crippen LogP) is -1.31. The van der Waals surface area contributed by atoms with Crippen LogP contribution in [0, 0.1) is 0 Å². The van der Waals surface area contributed by atoms with E-state index in [0.717, 1.165) is 5.82 Å². The average Bonchev–Trinajstić information content (AvgIpc) is 2.75. The van der Waals surface area contributed by atoms with E-state index in [0.29, 0.717) is 26.2 Å². The Kier molecular flexibility index (Phi) is 3.47. The smallest absolute Gasteiger partial charge is 0.234 e. The molecule has 1 unspecified atom stereocenters. The third-order valence-corrected chi connectivity index (χ3v) is 2.51. The lowest BCUT2D eigenvalue weighted by Crippen LogP contribution is -2.47. The van der Waals surface area contributed by atoms with Crippen molar-refractivity contribution in [2.75, 3.05) is 26.8 Å². The average molecular weight is 225 g/mol. The molecule has 16 heavy (non-hydrogen) atoms. The standard InChI is InChI=1S/C9H15N5O2/c1-16-3-2-14-6-12-13-9(14)7-4-11-8(15)5-10-7/h6-7,10H,2-5H2,1H3,(H,11,15). The van der Waals surface area contributed by atoms with E-state index in [2.05, 4.69) is 20.8 Å². The number of nitrogens with one attached hydrogen (secondary N) is 2. The van der Waals surface area contributed by atoms with Gasteiger partial charge in [0.1, 0.15) is 6.33 Å². The summed E-state index contributed by atoms with van der Waals surface area (Å²) in [5.74, 6) is 0.844. The molecule has 0 spiro atoms. The van der Waals surface area contributed by atoms with Crippen molar-refractivity contribution >= 4 is 5.91 Å². The topological polar surface area (TPSA) is 81.1 Å². The van der Waals surface area contributed by atoms with Crippen molar-refractivity contribution in [2.45, 2.75) is 12.6 Å². The lowest BCUT2D eigenvalue weighted by Gasteiger charge is -2.23. The molecule has 2 heterocycles. The van der Waals surface area contributed by atoms with Crippen molar-refractivity contribution in [3.8, 4) is 0 Å². The molecule has 1 aromatic heterocycles. The molecule has 0 aliphatic carbocycles. The number of hydrogen-bond donors (Lipinski definition) is 2. The van der Waals surface area contributed by atoms with Crippen molar-refractivity contribution < 1.29 is 9.53 Å². The summed E-state index contributed by atoms with van der Waals surface area (Å²) in [6.07, 6.45) is 1.67. The van der Waals surface area contributed by atoms with E-state index in [-0.39, 0.29) is 11.9 Å². The first-order valence-electron chi connectivity index (χ1n) is 5.18. The largest absolute Gasteiger partial charge is 0.383 e. The van der Waals surface area contributed by atoms with Gasteiger partial charge in [0.25, 0.3) is 0 Å². The molecule has 0 saturated carbocycles. The maximum atomic E-state index is 11.0. The Morgan fingerprint density at radius 3 is 3.25 bits per heavy atom. The molecule has 1 aliphatic rings. The van der Waals surface area contributed by atoms with E-state index in [1.54, 1.807) is 13.4 Å². The summed E-state index contributed by atoms with van der Waals surface area (Å²) < 4.78 is 6.94. The number of carbonyl (C=O) groups is 1. The molecule has 1 aliphatic heterocycles. The Hall–Kier alpha value is -1.47. The van der Waals surface area contributed by atoms with Crippen molar-refractivity contribution in [1.82, 2.24) is 25.4 Å². The number of amides is 1. The second-order valence-corrected chi connectivity index (χ2v) is 3.61. The number of ether oxygens (including phenoxy) is 1. The zero-order valence-electron chi connectivity index (χ0n) is 9.14. The molecule has 0 aromatic carbocycles. The highest BCUT2D eigenvalue weighted by Crippen LogP contribution is 2.10. The van der Waals surface area contributed by atoms with Crippen LogP contribution in [0.2, 0.25) is 0 Å². The molecule has 1 atom stereocenters. The van der Waals surface area contributed by atoms with Gasteiger partial charge in [-0.05, 0) is 0 Å². The van der Waals surface area contributed by atoms with E-state index in [9.17, 15) is 4.79 Å². The molecule has 1 fully saturated rings. The molecule has 2 rings (SSSR count). The third-order valence-electron chi connectivity index (χ3n) is 2.51. The number of carbonyl (C=O) groups excluding carboxylic acids is 1. The minimum atomic E-state index is 0.0132. The minimum absolute atomic E-state index is 0.0132. The summed E-state index contributed by atoms with van der Waals surface area (Å²) >= 11 is 0. The molecular formula is C9H15N5O2. The lowest BCUT2D eigenvalue weighted by atomic mass is 10.2. The first kappa shape index (κ1) is 11.0. The summed E-state index contributed by atoms with van der Waals surface area (Å²) in [5, 5.41) is 13.8. The highest BCUT2D eigenvalue weighted by atomic mass is 16.5. The predicted molar refractivity (Wildman–Crippen MR) is 55.7 cm³/mol. The first-order valence-corrected chi connectivity index (χ1v) is 5.18. The molecule has 0 radical (unpaired) electrons. The van der Waals surface area contributed by atoms with Crippen LogP contribution in [0.25, 0.3) is 0 Å². The number of rotatable bonds is 4. The first-order chi connectivity index (χ1) is 7.81. The van der Waals surface area contributed by atoms with Gasteiger partial charge in [-0.2, -0.15) is 0 Å². The SMILES string of the molecule is COCCn1cnnc1C1CNC(=O)CN1. The minimum Gasteiger partial charge on any atom is -0.383 e. The summed E-state index contributed by atoms with van der Waals surface area (Å²) in [7, 11) is 1.66. The number of nitrogens with zero attached hydrogens (tertiary/aromatic N) is 3. The van der Waals surface area contributed by atoms with Crippen LogP contribution < -0.4 is 10.6 Å². The Morgan fingerprint density at radius 2 is 2.56 bits per heavy atom. The number of piperazine rings is 1. The summed E-state index contributed by atoms with van der Waals surface area (Å²) in [4.78, 5) is 11.0. The Morgan fingerprint density at radius 1 is 1.69 bits per heavy atom. The van der Waals surface area contributed by atoms with Crippen LogP contribution in [0.15, 0.2) is 6.33 Å². The van der Waals surface area contributed by atoms with Crippen LogP contribution >= 0.6 is 0 Å². The van der Waals surface area contributed by atoms with E-state index in [4.69, 9.17) is 4.74 Å². The Balaban J connectivity index is 2.02. The van der Waals surface area contributed by atoms with Gasteiger partial charge in [-0.15, -0.1) is 10.2 Å². The molecule has 2 N–H and O–H groups in total. The second kappa shape index (κ2) is 5.04. The Labute approximate surface area is 93.2 Å². The normalized spacial score (nSPS) is 20.8. The van der Waals surface area contributed by atoms with Gasteiger partial charge in [0.2, 0.25) is 5.91 Å².